The van der Waals surface area contributed by atoms with Crippen LogP contribution in [0, 0.1) is 11.7 Å². The Kier molecular flexibility index (Phi) is 5.43. The highest BCUT2D eigenvalue weighted by Gasteiger charge is 2.29. The number of hydrogen-bond acceptors (Lipinski definition) is 5. The van der Waals surface area contributed by atoms with Gasteiger partial charge >= 0.3 is 0 Å². The van der Waals surface area contributed by atoms with Gasteiger partial charge in [0.25, 0.3) is 0 Å². The zero-order valence-electron chi connectivity index (χ0n) is 21.1. The smallest absolute Gasteiger partial charge is 0.227 e. The molecule has 2 aliphatic carbocycles. The number of carbonyl (C=O) groups is 1. The third-order valence-electron chi connectivity index (χ3n) is 7.04. The number of nitrogens with one attached hydrogen (secondary N) is 3. The first-order valence-corrected chi connectivity index (χ1v) is 12.9. The molecule has 0 radical (unpaired) electrons. The van der Waals surface area contributed by atoms with Crippen LogP contribution in [0.15, 0.2) is 72.6 Å². The highest BCUT2D eigenvalue weighted by molar-refractivity contribution is 5.95. The molecule has 1 saturated carbocycles. The topological polar surface area (TPSA) is 112 Å². The van der Waals surface area contributed by atoms with Gasteiger partial charge in [0.15, 0.2) is 11.5 Å². The SMILES string of the molecule is CC1=CC=C(c2cccc(F)c2)c2nc(-c3n[nH]c4ccc(-c5cncc(NC(=O)C6CC6)c5)nc34)[nH]c2C1. The van der Waals surface area contributed by atoms with E-state index in [0.29, 0.717) is 34.8 Å². The van der Waals surface area contributed by atoms with E-state index in [2.05, 4.69) is 32.4 Å². The maximum atomic E-state index is 14.1. The molecule has 192 valence electrons. The Balaban J connectivity index is 1.27. The van der Waals surface area contributed by atoms with Gasteiger partial charge in [0.2, 0.25) is 5.91 Å². The fraction of sp³-hybridized carbons (Fsp3) is 0.167. The molecule has 39 heavy (non-hydrogen) atoms. The van der Waals surface area contributed by atoms with E-state index in [9.17, 15) is 9.18 Å². The molecule has 8 nitrogen and oxygen atoms in total. The quantitative estimate of drug-likeness (QED) is 0.272. The standard InChI is InChI=1S/C30H24FN7O/c1-16-5-8-22(18-3-2-4-20(31)12-18)26-25(11-16)35-29(36-26)28-27-24(37-38-28)10-9-23(34-27)19-13-21(15-32-14-19)33-30(39)17-6-7-17/h2-5,8-10,12-15,17H,6-7,11H2,1H3,(H,33,39)(H,35,36)(H,37,38). The van der Waals surface area contributed by atoms with E-state index >= 15 is 0 Å². The van der Waals surface area contributed by atoms with Crippen LogP contribution < -0.4 is 5.32 Å². The Morgan fingerprint density at radius 3 is 2.77 bits per heavy atom. The van der Waals surface area contributed by atoms with Crippen molar-refractivity contribution in [2.75, 3.05) is 5.32 Å². The highest BCUT2D eigenvalue weighted by atomic mass is 19.1. The van der Waals surface area contributed by atoms with Crippen LogP contribution in [0.1, 0.15) is 36.7 Å². The lowest BCUT2D eigenvalue weighted by Gasteiger charge is -2.06. The molecule has 9 heteroatoms. The average molecular weight is 518 g/mol. The number of carbonyl (C=O) groups excluding carboxylic acids is 1. The maximum Gasteiger partial charge on any atom is 0.227 e. The number of amides is 1. The fourth-order valence-electron chi connectivity index (χ4n) is 4.87. The highest BCUT2D eigenvalue weighted by Crippen LogP contribution is 2.34. The number of aromatic nitrogens is 6. The van der Waals surface area contributed by atoms with E-state index < -0.39 is 0 Å². The lowest BCUT2D eigenvalue weighted by atomic mass is 10.0. The molecule has 1 aromatic carbocycles. The van der Waals surface area contributed by atoms with Gasteiger partial charge in [0.1, 0.15) is 11.3 Å². The molecule has 2 aliphatic rings. The average Bonchev–Trinajstić information content (AvgIpc) is 3.63. The number of rotatable bonds is 5. The summed E-state index contributed by atoms with van der Waals surface area (Å²) in [4.78, 5) is 29.8. The van der Waals surface area contributed by atoms with Crippen molar-refractivity contribution in [3.8, 4) is 22.8 Å². The number of allylic oxidation sites excluding steroid dienone is 3. The second-order valence-electron chi connectivity index (χ2n) is 10.1. The van der Waals surface area contributed by atoms with E-state index in [1.807, 2.05) is 36.4 Å². The number of pyridine rings is 2. The Morgan fingerprint density at radius 2 is 1.92 bits per heavy atom. The molecule has 0 bridgehead atoms. The van der Waals surface area contributed by atoms with E-state index in [4.69, 9.17) is 9.97 Å². The number of imidazole rings is 1. The molecular weight excluding hydrogens is 493 g/mol. The van der Waals surface area contributed by atoms with Crippen LogP contribution in [-0.2, 0) is 11.2 Å². The minimum absolute atomic E-state index is 0.0313. The maximum absolute atomic E-state index is 14.1. The number of aromatic amines is 2. The van der Waals surface area contributed by atoms with E-state index in [-0.39, 0.29) is 17.6 Å². The minimum Gasteiger partial charge on any atom is -0.340 e. The second-order valence-corrected chi connectivity index (χ2v) is 10.1. The molecule has 0 spiro atoms. The lowest BCUT2D eigenvalue weighted by Crippen LogP contribution is -2.13. The van der Waals surface area contributed by atoms with Crippen LogP contribution in [0.2, 0.25) is 0 Å². The van der Waals surface area contributed by atoms with Crippen molar-refractivity contribution in [3.05, 3.63) is 95.4 Å². The molecule has 5 aromatic rings. The van der Waals surface area contributed by atoms with Crippen LogP contribution in [0.4, 0.5) is 10.1 Å². The molecule has 0 saturated heterocycles. The zero-order valence-corrected chi connectivity index (χ0v) is 21.1. The molecule has 3 N–H and O–H groups in total. The Morgan fingerprint density at radius 1 is 1.03 bits per heavy atom. The minimum atomic E-state index is -0.295. The summed E-state index contributed by atoms with van der Waals surface area (Å²) < 4.78 is 14.1. The summed E-state index contributed by atoms with van der Waals surface area (Å²) in [7, 11) is 0. The van der Waals surface area contributed by atoms with Crippen molar-refractivity contribution >= 4 is 28.2 Å². The first kappa shape index (κ1) is 23.2. The zero-order chi connectivity index (χ0) is 26.5. The Hall–Kier alpha value is -4.92. The van der Waals surface area contributed by atoms with Gasteiger partial charge in [-0.05, 0) is 55.7 Å². The monoisotopic (exact) mass is 517 g/mol. The normalized spacial score (nSPS) is 14.9. The van der Waals surface area contributed by atoms with Gasteiger partial charge in [-0.1, -0.05) is 29.9 Å². The number of benzene rings is 1. The number of nitrogens with zero attached hydrogens (tertiary/aromatic N) is 4. The third-order valence-corrected chi connectivity index (χ3v) is 7.04. The van der Waals surface area contributed by atoms with E-state index in [1.165, 1.54) is 12.1 Å². The van der Waals surface area contributed by atoms with Gasteiger partial charge in [0, 0.05) is 35.4 Å². The molecule has 0 aliphatic heterocycles. The van der Waals surface area contributed by atoms with Crippen molar-refractivity contribution in [3.63, 3.8) is 0 Å². The summed E-state index contributed by atoms with van der Waals surface area (Å²) in [5.41, 5.74) is 8.60. The van der Waals surface area contributed by atoms with E-state index in [1.54, 1.807) is 18.5 Å². The van der Waals surface area contributed by atoms with Crippen molar-refractivity contribution in [1.82, 2.24) is 30.1 Å². The summed E-state index contributed by atoms with van der Waals surface area (Å²) in [6, 6.07) is 12.2. The fourth-order valence-corrected chi connectivity index (χ4v) is 4.87. The van der Waals surface area contributed by atoms with Crippen LogP contribution in [0.25, 0.3) is 39.4 Å². The largest absolute Gasteiger partial charge is 0.340 e. The molecule has 1 fully saturated rings. The predicted molar refractivity (Wildman–Crippen MR) is 147 cm³/mol. The predicted octanol–water partition coefficient (Wildman–Crippen LogP) is 5.83. The van der Waals surface area contributed by atoms with Crippen LogP contribution in [-0.4, -0.2) is 36.0 Å². The number of fused-ring (bicyclic) bond motifs is 2. The second kappa shape index (κ2) is 9.13. The lowest BCUT2D eigenvalue weighted by molar-refractivity contribution is -0.117. The summed E-state index contributed by atoms with van der Waals surface area (Å²) in [6.07, 6.45) is 9.95. The first-order chi connectivity index (χ1) is 19.0. The third kappa shape index (κ3) is 4.41. The van der Waals surface area contributed by atoms with Gasteiger partial charge in [-0.15, -0.1) is 0 Å². The van der Waals surface area contributed by atoms with Crippen LogP contribution >= 0.6 is 0 Å². The molecule has 4 heterocycles. The summed E-state index contributed by atoms with van der Waals surface area (Å²) in [6.45, 7) is 2.06. The van der Waals surface area contributed by atoms with Gasteiger partial charge in [-0.25, -0.2) is 14.4 Å². The van der Waals surface area contributed by atoms with Crippen LogP contribution in [0.5, 0.6) is 0 Å². The molecule has 7 rings (SSSR count). The van der Waals surface area contributed by atoms with Crippen molar-refractivity contribution in [1.29, 1.82) is 0 Å². The summed E-state index contributed by atoms with van der Waals surface area (Å²) >= 11 is 0. The van der Waals surface area contributed by atoms with Gasteiger partial charge < -0.3 is 10.3 Å². The van der Waals surface area contributed by atoms with Gasteiger partial charge in [-0.3, -0.25) is 14.9 Å². The Labute approximate surface area is 223 Å². The van der Waals surface area contributed by atoms with Crippen molar-refractivity contribution in [2.45, 2.75) is 26.2 Å². The molecule has 0 atom stereocenters. The van der Waals surface area contributed by atoms with Gasteiger partial charge in [-0.2, -0.15) is 5.10 Å². The molecule has 0 unspecified atom stereocenters. The van der Waals surface area contributed by atoms with Crippen molar-refractivity contribution in [2.24, 2.45) is 5.92 Å². The Bertz CT molecular complexity index is 1830. The number of hydrogen-bond donors (Lipinski definition) is 3. The number of anilines is 1. The molecular formula is C30H24FN7O. The molecule has 1 amide bonds. The summed E-state index contributed by atoms with van der Waals surface area (Å²) in [5.74, 6) is 0.423. The van der Waals surface area contributed by atoms with Crippen molar-refractivity contribution < 1.29 is 9.18 Å². The summed E-state index contributed by atoms with van der Waals surface area (Å²) in [5, 5.41) is 10.5. The van der Waals surface area contributed by atoms with Gasteiger partial charge in [0.05, 0.1) is 28.8 Å². The first-order valence-electron chi connectivity index (χ1n) is 12.9. The molecule has 4 aromatic heterocycles. The van der Waals surface area contributed by atoms with E-state index in [0.717, 1.165) is 52.0 Å². The number of halogens is 1. The van der Waals surface area contributed by atoms with Crippen LogP contribution in [0.3, 0.4) is 0 Å². The number of H-pyrrole nitrogens is 2.